The Hall–Kier alpha value is -2.63. The molecule has 0 amide bonds. The summed E-state index contributed by atoms with van der Waals surface area (Å²) in [6, 6.07) is 0. The van der Waals surface area contributed by atoms with Gasteiger partial charge in [0.1, 0.15) is 13.2 Å². The van der Waals surface area contributed by atoms with Gasteiger partial charge in [-0.25, -0.2) is 0 Å². The molecule has 70 heavy (non-hydrogen) atoms. The van der Waals surface area contributed by atoms with E-state index in [4.69, 9.17) is 14.2 Å². The van der Waals surface area contributed by atoms with Crippen LogP contribution in [0.2, 0.25) is 0 Å². The van der Waals surface area contributed by atoms with Crippen molar-refractivity contribution in [2.45, 2.75) is 329 Å². The minimum atomic E-state index is -0.792. The predicted molar refractivity (Wildman–Crippen MR) is 302 cm³/mol. The summed E-state index contributed by atoms with van der Waals surface area (Å²) < 4.78 is 16.9. The summed E-state index contributed by atoms with van der Waals surface area (Å²) in [5.74, 6) is -0.915. The normalized spacial score (nSPS) is 12.3. The van der Waals surface area contributed by atoms with Crippen molar-refractivity contribution in [1.29, 1.82) is 0 Å². The third kappa shape index (κ3) is 56.3. The van der Waals surface area contributed by atoms with Crippen molar-refractivity contribution >= 4 is 17.9 Å². The molecule has 408 valence electrons. The van der Waals surface area contributed by atoms with Crippen LogP contribution in [0.1, 0.15) is 323 Å². The van der Waals surface area contributed by atoms with Crippen LogP contribution < -0.4 is 0 Å². The standard InChI is InChI=1S/C64H116O6/c1-4-7-10-13-16-19-22-25-28-31-33-36-39-42-45-48-51-54-57-63(66)69-60-61(59-68-62(65)56-53-50-47-44-41-38-35-30-27-24-21-18-15-12-9-6-3)70-64(67)58-55-52-49-46-43-40-37-34-32-29-26-23-20-17-14-11-8-5-2/h30,33-38,41,61H,4-29,31-32,39-40,42-60H2,1-3H3/b35-30-,36-33-,37-34-,41-38-. The van der Waals surface area contributed by atoms with Crippen LogP contribution in [-0.4, -0.2) is 37.2 Å². The Morgan fingerprint density at radius 1 is 0.286 bits per heavy atom. The number of hydrogen-bond donors (Lipinski definition) is 0. The van der Waals surface area contributed by atoms with E-state index in [1.807, 2.05) is 0 Å². The molecule has 0 saturated carbocycles. The first-order chi connectivity index (χ1) is 34.5. The van der Waals surface area contributed by atoms with Crippen molar-refractivity contribution in [3.63, 3.8) is 0 Å². The molecule has 0 bridgehead atoms. The number of esters is 3. The summed E-state index contributed by atoms with van der Waals surface area (Å²) in [4.78, 5) is 38.2. The predicted octanol–water partition coefficient (Wildman–Crippen LogP) is 20.6. The van der Waals surface area contributed by atoms with Gasteiger partial charge >= 0.3 is 17.9 Å². The third-order valence-electron chi connectivity index (χ3n) is 13.6. The molecule has 6 nitrogen and oxygen atoms in total. The van der Waals surface area contributed by atoms with E-state index in [0.717, 1.165) is 89.9 Å². The first-order valence-electron chi connectivity index (χ1n) is 30.7. The van der Waals surface area contributed by atoms with Crippen LogP contribution in [0.25, 0.3) is 0 Å². The molecule has 0 spiro atoms. The molecule has 1 unspecified atom stereocenters. The van der Waals surface area contributed by atoms with E-state index in [1.54, 1.807) is 0 Å². The lowest BCUT2D eigenvalue weighted by atomic mass is 10.1. The first kappa shape index (κ1) is 67.4. The Balaban J connectivity index is 4.41. The van der Waals surface area contributed by atoms with Gasteiger partial charge in [-0.1, -0.05) is 256 Å². The van der Waals surface area contributed by atoms with Crippen molar-refractivity contribution in [2.24, 2.45) is 0 Å². The summed E-state index contributed by atoms with van der Waals surface area (Å²) in [5, 5.41) is 0. The topological polar surface area (TPSA) is 78.9 Å². The molecule has 0 fully saturated rings. The van der Waals surface area contributed by atoms with Crippen LogP contribution in [0.5, 0.6) is 0 Å². The largest absolute Gasteiger partial charge is 0.462 e. The fourth-order valence-corrected chi connectivity index (χ4v) is 8.90. The van der Waals surface area contributed by atoms with E-state index in [2.05, 4.69) is 69.4 Å². The van der Waals surface area contributed by atoms with Crippen molar-refractivity contribution in [3.05, 3.63) is 48.6 Å². The van der Waals surface area contributed by atoms with E-state index in [9.17, 15) is 14.4 Å². The number of ether oxygens (including phenoxy) is 3. The monoisotopic (exact) mass is 981 g/mol. The maximum atomic E-state index is 12.9. The van der Waals surface area contributed by atoms with E-state index >= 15 is 0 Å². The Labute approximate surface area is 435 Å². The average Bonchev–Trinajstić information content (AvgIpc) is 3.36. The van der Waals surface area contributed by atoms with Crippen molar-refractivity contribution < 1.29 is 28.6 Å². The van der Waals surface area contributed by atoms with Crippen LogP contribution in [0.4, 0.5) is 0 Å². The molecule has 0 radical (unpaired) electrons. The van der Waals surface area contributed by atoms with Crippen molar-refractivity contribution in [2.75, 3.05) is 13.2 Å². The molecule has 0 aliphatic rings. The van der Waals surface area contributed by atoms with Crippen LogP contribution in [-0.2, 0) is 28.6 Å². The summed E-state index contributed by atoms with van der Waals surface area (Å²) in [6.45, 7) is 6.64. The molecule has 0 heterocycles. The van der Waals surface area contributed by atoms with Gasteiger partial charge in [-0.05, 0) is 96.3 Å². The van der Waals surface area contributed by atoms with Crippen molar-refractivity contribution in [3.8, 4) is 0 Å². The molecular formula is C64H116O6. The highest BCUT2D eigenvalue weighted by molar-refractivity contribution is 5.71. The Kier molecular flexibility index (Phi) is 56.7. The smallest absolute Gasteiger partial charge is 0.306 e. The number of allylic oxidation sites excluding steroid dienone is 8. The molecule has 0 rings (SSSR count). The zero-order valence-corrected chi connectivity index (χ0v) is 46.8. The van der Waals surface area contributed by atoms with E-state index < -0.39 is 6.10 Å². The van der Waals surface area contributed by atoms with E-state index in [1.165, 1.54) is 193 Å². The minimum Gasteiger partial charge on any atom is -0.462 e. The first-order valence-corrected chi connectivity index (χ1v) is 30.7. The highest BCUT2D eigenvalue weighted by Gasteiger charge is 2.19. The summed E-state index contributed by atoms with van der Waals surface area (Å²) in [5.41, 5.74) is 0. The van der Waals surface area contributed by atoms with Gasteiger partial charge in [0.2, 0.25) is 0 Å². The van der Waals surface area contributed by atoms with Gasteiger partial charge in [0.05, 0.1) is 0 Å². The fourth-order valence-electron chi connectivity index (χ4n) is 8.90. The molecule has 0 aliphatic heterocycles. The fraction of sp³-hybridized carbons (Fsp3) is 0.828. The lowest BCUT2D eigenvalue weighted by Gasteiger charge is -2.18. The van der Waals surface area contributed by atoms with Gasteiger partial charge in [0.25, 0.3) is 0 Å². The summed E-state index contributed by atoms with van der Waals surface area (Å²) in [6.07, 6.45) is 72.5. The van der Waals surface area contributed by atoms with Crippen LogP contribution in [0.3, 0.4) is 0 Å². The SMILES string of the molecule is CCCCCCCCC/C=C\C=C/CCCCCC(=O)OCC(COC(=O)CCCCCCC/C=C\CCCCCCCCCCC)OC(=O)CCCCCCC/C=C\CCCCCCCCCCC. The molecule has 1 atom stereocenters. The van der Waals surface area contributed by atoms with Crippen molar-refractivity contribution in [1.82, 2.24) is 0 Å². The van der Waals surface area contributed by atoms with Gasteiger partial charge in [-0.15, -0.1) is 0 Å². The molecule has 0 saturated heterocycles. The second-order valence-corrected chi connectivity index (χ2v) is 20.6. The zero-order valence-electron chi connectivity index (χ0n) is 46.8. The highest BCUT2D eigenvalue weighted by Crippen LogP contribution is 2.16. The molecule has 0 aromatic carbocycles. The number of rotatable bonds is 56. The lowest BCUT2D eigenvalue weighted by molar-refractivity contribution is -0.167. The van der Waals surface area contributed by atoms with Crippen LogP contribution >= 0.6 is 0 Å². The molecule has 0 N–H and O–H groups in total. The number of carbonyl (C=O) groups excluding carboxylic acids is 3. The highest BCUT2D eigenvalue weighted by atomic mass is 16.6. The Morgan fingerprint density at radius 3 is 0.814 bits per heavy atom. The maximum absolute atomic E-state index is 12.9. The Bertz CT molecular complexity index is 1220. The lowest BCUT2D eigenvalue weighted by Crippen LogP contribution is -2.30. The van der Waals surface area contributed by atoms with Gasteiger partial charge in [0.15, 0.2) is 6.10 Å². The minimum absolute atomic E-state index is 0.0876. The van der Waals surface area contributed by atoms with Gasteiger partial charge in [-0.2, -0.15) is 0 Å². The summed E-state index contributed by atoms with van der Waals surface area (Å²) in [7, 11) is 0. The van der Waals surface area contributed by atoms with E-state index in [-0.39, 0.29) is 31.1 Å². The molecule has 0 aromatic heterocycles. The summed E-state index contributed by atoms with van der Waals surface area (Å²) >= 11 is 0. The second kappa shape index (κ2) is 58.9. The molecule has 0 aromatic rings. The maximum Gasteiger partial charge on any atom is 0.306 e. The van der Waals surface area contributed by atoms with Gasteiger partial charge < -0.3 is 14.2 Å². The number of hydrogen-bond acceptors (Lipinski definition) is 6. The zero-order chi connectivity index (χ0) is 50.7. The number of unbranched alkanes of at least 4 members (excludes halogenated alkanes) is 38. The second-order valence-electron chi connectivity index (χ2n) is 20.6. The third-order valence-corrected chi connectivity index (χ3v) is 13.6. The Morgan fingerprint density at radius 2 is 0.514 bits per heavy atom. The molecule has 0 aliphatic carbocycles. The van der Waals surface area contributed by atoms with Gasteiger partial charge in [0, 0.05) is 19.3 Å². The number of carbonyl (C=O) groups is 3. The van der Waals surface area contributed by atoms with Crippen LogP contribution in [0.15, 0.2) is 48.6 Å². The van der Waals surface area contributed by atoms with Gasteiger partial charge in [-0.3, -0.25) is 14.4 Å². The quantitative estimate of drug-likeness (QED) is 0.0199. The molecular weight excluding hydrogens is 865 g/mol. The van der Waals surface area contributed by atoms with Crippen LogP contribution in [0, 0.1) is 0 Å². The average molecular weight is 982 g/mol. The van der Waals surface area contributed by atoms with E-state index in [0.29, 0.717) is 19.3 Å². The molecule has 6 heteroatoms.